The van der Waals surface area contributed by atoms with Gasteiger partial charge >= 0.3 is 0 Å². The predicted molar refractivity (Wildman–Crippen MR) is 97.5 cm³/mol. The molecule has 1 saturated carbocycles. The standard InChI is InChI=1S/C19H33NO3Si/c1-17(2,3)24(4,5)23-16-7-9-18-8-6-10-20(18)14-19(15(16)13-18)21-11-12-22-19/h6,8,15-16H,7,9-14H2,1-5H3/t15-,16+,18-/m0/s1. The van der Waals surface area contributed by atoms with Crippen LogP contribution in [-0.2, 0) is 13.9 Å². The molecule has 0 amide bonds. The highest BCUT2D eigenvalue weighted by Gasteiger charge is 2.62. The number of fused-ring (bicyclic) bond motifs is 2. The molecule has 2 spiro atoms. The van der Waals surface area contributed by atoms with E-state index in [9.17, 15) is 0 Å². The van der Waals surface area contributed by atoms with Crippen LogP contribution < -0.4 is 0 Å². The molecule has 0 aromatic carbocycles. The Kier molecular flexibility index (Phi) is 3.87. The van der Waals surface area contributed by atoms with Crippen LogP contribution in [0.4, 0.5) is 0 Å². The molecule has 4 rings (SSSR count). The van der Waals surface area contributed by atoms with Crippen molar-refractivity contribution >= 4 is 8.32 Å². The first kappa shape index (κ1) is 17.2. The molecule has 24 heavy (non-hydrogen) atoms. The Hall–Kier alpha value is -0.203. The van der Waals surface area contributed by atoms with E-state index in [-0.39, 0.29) is 16.7 Å². The average Bonchev–Trinajstić information content (AvgIpc) is 3.09. The van der Waals surface area contributed by atoms with Gasteiger partial charge in [0.15, 0.2) is 14.1 Å². The van der Waals surface area contributed by atoms with Gasteiger partial charge in [-0.15, -0.1) is 0 Å². The van der Waals surface area contributed by atoms with Crippen molar-refractivity contribution in [2.24, 2.45) is 5.92 Å². The van der Waals surface area contributed by atoms with Crippen LogP contribution in [0.25, 0.3) is 0 Å². The molecule has 3 aliphatic heterocycles. The zero-order valence-electron chi connectivity index (χ0n) is 15.9. The lowest BCUT2D eigenvalue weighted by atomic mass is 9.67. The SMILES string of the molecule is CC(C)(C)[Si](C)(C)O[C@@H]1CC[C@]23C=CCN2CC2(OCCO2)[C@H]1C3. The molecule has 4 nitrogen and oxygen atoms in total. The molecule has 0 N–H and O–H groups in total. The van der Waals surface area contributed by atoms with E-state index in [1.807, 2.05) is 0 Å². The van der Waals surface area contributed by atoms with Crippen LogP contribution >= 0.6 is 0 Å². The lowest BCUT2D eigenvalue weighted by molar-refractivity contribution is -0.266. The lowest BCUT2D eigenvalue weighted by Crippen LogP contribution is -2.68. The zero-order valence-corrected chi connectivity index (χ0v) is 16.9. The summed E-state index contributed by atoms with van der Waals surface area (Å²) in [5.41, 5.74) is 0.235. The minimum atomic E-state index is -1.79. The topological polar surface area (TPSA) is 30.9 Å². The normalized spacial score (nSPS) is 38.7. The summed E-state index contributed by atoms with van der Waals surface area (Å²) >= 11 is 0. The molecular weight excluding hydrogens is 318 g/mol. The summed E-state index contributed by atoms with van der Waals surface area (Å²) in [5.74, 6) is -0.0925. The predicted octanol–water partition coefficient (Wildman–Crippen LogP) is 3.54. The third-order valence-electron chi connectivity index (χ3n) is 7.27. The summed E-state index contributed by atoms with van der Waals surface area (Å²) < 4.78 is 19.4. The summed E-state index contributed by atoms with van der Waals surface area (Å²) in [4.78, 5) is 2.58. The van der Waals surface area contributed by atoms with Crippen LogP contribution in [0.5, 0.6) is 0 Å². The van der Waals surface area contributed by atoms with E-state index in [1.54, 1.807) is 0 Å². The molecule has 0 unspecified atom stereocenters. The molecule has 136 valence electrons. The zero-order chi connectivity index (χ0) is 17.2. The summed E-state index contributed by atoms with van der Waals surface area (Å²) in [6.45, 7) is 15.1. The van der Waals surface area contributed by atoms with Crippen molar-refractivity contribution in [2.45, 2.75) is 75.6 Å². The minimum Gasteiger partial charge on any atom is -0.413 e. The second kappa shape index (κ2) is 5.40. The van der Waals surface area contributed by atoms with Gasteiger partial charge in [-0.1, -0.05) is 32.9 Å². The summed E-state index contributed by atoms with van der Waals surface area (Å²) in [7, 11) is -1.79. The van der Waals surface area contributed by atoms with E-state index in [0.717, 1.165) is 39.1 Å². The van der Waals surface area contributed by atoms with E-state index in [1.165, 1.54) is 6.42 Å². The fourth-order valence-electron chi connectivity index (χ4n) is 4.85. The Morgan fingerprint density at radius 3 is 2.58 bits per heavy atom. The van der Waals surface area contributed by atoms with Gasteiger partial charge < -0.3 is 13.9 Å². The maximum atomic E-state index is 6.90. The molecule has 0 aromatic heterocycles. The molecule has 1 aliphatic carbocycles. The second-order valence-electron chi connectivity index (χ2n) is 9.66. The first-order valence-corrected chi connectivity index (χ1v) is 12.5. The fourth-order valence-corrected chi connectivity index (χ4v) is 6.24. The van der Waals surface area contributed by atoms with Gasteiger partial charge in [-0.05, 0) is 37.4 Å². The fraction of sp³-hybridized carbons (Fsp3) is 0.895. The van der Waals surface area contributed by atoms with E-state index in [0.29, 0.717) is 5.92 Å². The maximum absolute atomic E-state index is 6.90. The van der Waals surface area contributed by atoms with Crippen molar-refractivity contribution in [3.63, 3.8) is 0 Å². The highest BCUT2D eigenvalue weighted by molar-refractivity contribution is 6.74. The molecule has 0 aromatic rings. The second-order valence-corrected chi connectivity index (χ2v) is 14.4. The number of ether oxygens (including phenoxy) is 2. The van der Waals surface area contributed by atoms with Crippen molar-refractivity contribution in [3.8, 4) is 0 Å². The highest BCUT2D eigenvalue weighted by Crippen LogP contribution is 2.53. The molecule has 0 radical (unpaired) electrons. The van der Waals surface area contributed by atoms with Crippen molar-refractivity contribution in [1.29, 1.82) is 0 Å². The average molecular weight is 352 g/mol. The van der Waals surface area contributed by atoms with E-state index in [2.05, 4.69) is 50.9 Å². The molecule has 5 heteroatoms. The Labute approximate surface area is 147 Å². The third-order valence-corrected chi connectivity index (χ3v) is 11.8. The molecule has 4 aliphatic rings. The number of piperidine rings is 1. The quantitative estimate of drug-likeness (QED) is 0.562. The van der Waals surface area contributed by atoms with Crippen LogP contribution in [0.3, 0.4) is 0 Å². The van der Waals surface area contributed by atoms with E-state index >= 15 is 0 Å². The van der Waals surface area contributed by atoms with Crippen LogP contribution in [0.2, 0.25) is 18.1 Å². The molecule has 3 atom stereocenters. The highest BCUT2D eigenvalue weighted by atomic mass is 28.4. The molecule has 3 fully saturated rings. The monoisotopic (exact) mass is 351 g/mol. The van der Waals surface area contributed by atoms with Crippen molar-refractivity contribution in [2.75, 3.05) is 26.3 Å². The lowest BCUT2D eigenvalue weighted by Gasteiger charge is -2.58. The van der Waals surface area contributed by atoms with E-state index < -0.39 is 14.1 Å². The van der Waals surface area contributed by atoms with Gasteiger partial charge in [0, 0.05) is 18.0 Å². The van der Waals surface area contributed by atoms with Gasteiger partial charge in [-0.2, -0.15) is 0 Å². The largest absolute Gasteiger partial charge is 0.413 e. The molecule has 3 heterocycles. The van der Waals surface area contributed by atoms with Crippen LogP contribution in [0.15, 0.2) is 12.2 Å². The minimum absolute atomic E-state index is 0.235. The molecular formula is C19H33NO3Si. The Morgan fingerprint density at radius 2 is 1.92 bits per heavy atom. The van der Waals surface area contributed by atoms with Crippen LogP contribution in [0.1, 0.15) is 40.0 Å². The molecule has 2 saturated heterocycles. The van der Waals surface area contributed by atoms with Crippen LogP contribution in [-0.4, -0.2) is 57.0 Å². The number of rotatable bonds is 2. The van der Waals surface area contributed by atoms with E-state index in [4.69, 9.17) is 13.9 Å². The number of nitrogens with zero attached hydrogens (tertiary/aromatic N) is 1. The number of hydrogen-bond acceptors (Lipinski definition) is 4. The third kappa shape index (κ3) is 2.47. The summed E-state index contributed by atoms with van der Waals surface area (Å²) in [5, 5.41) is 0.237. The van der Waals surface area contributed by atoms with Crippen molar-refractivity contribution < 1.29 is 13.9 Å². The first-order valence-electron chi connectivity index (χ1n) is 9.56. The maximum Gasteiger partial charge on any atom is 0.192 e. The molecule has 2 bridgehead atoms. The Morgan fingerprint density at radius 1 is 1.21 bits per heavy atom. The van der Waals surface area contributed by atoms with Crippen molar-refractivity contribution in [3.05, 3.63) is 12.2 Å². The van der Waals surface area contributed by atoms with Gasteiger partial charge in [0.2, 0.25) is 0 Å². The van der Waals surface area contributed by atoms with Gasteiger partial charge in [0.05, 0.1) is 25.9 Å². The Balaban J connectivity index is 1.62. The summed E-state index contributed by atoms with van der Waals surface area (Å²) in [6.07, 6.45) is 8.49. The Bertz CT molecular complexity index is 535. The summed E-state index contributed by atoms with van der Waals surface area (Å²) in [6, 6.07) is 0. The van der Waals surface area contributed by atoms with Crippen LogP contribution in [0, 0.1) is 5.92 Å². The van der Waals surface area contributed by atoms with Crippen molar-refractivity contribution in [1.82, 2.24) is 4.90 Å². The van der Waals surface area contributed by atoms with Gasteiger partial charge in [-0.3, -0.25) is 4.90 Å². The smallest absolute Gasteiger partial charge is 0.192 e. The number of hydrogen-bond donors (Lipinski definition) is 0. The van der Waals surface area contributed by atoms with Gasteiger partial charge in [-0.25, -0.2) is 0 Å². The van der Waals surface area contributed by atoms with Gasteiger partial charge in [0.25, 0.3) is 0 Å². The van der Waals surface area contributed by atoms with Gasteiger partial charge in [0.1, 0.15) is 0 Å². The first-order chi connectivity index (χ1) is 11.2.